The average molecular weight is 497 g/mol. The van der Waals surface area contributed by atoms with Crippen molar-refractivity contribution in [3.8, 4) is 6.07 Å². The lowest BCUT2D eigenvalue weighted by atomic mass is 9.93. The molecule has 0 radical (unpaired) electrons. The Balaban J connectivity index is 1.71. The van der Waals surface area contributed by atoms with E-state index in [0.717, 1.165) is 12.8 Å². The first kappa shape index (κ1) is 24.4. The molecule has 35 heavy (non-hydrogen) atoms. The largest absolute Gasteiger partial charge is 0.361 e. The number of nitrogens with zero attached hydrogens (tertiary/aromatic N) is 5. The Kier molecular flexibility index (Phi) is 5.92. The third-order valence-corrected chi connectivity index (χ3v) is 9.33. The summed E-state index contributed by atoms with van der Waals surface area (Å²) in [4.78, 5) is 16.8. The van der Waals surface area contributed by atoms with Crippen LogP contribution in [0.1, 0.15) is 32.3 Å². The highest BCUT2D eigenvalue weighted by atomic mass is 32.2. The maximum atomic E-state index is 14.7. The lowest BCUT2D eigenvalue weighted by Crippen LogP contribution is -2.70. The zero-order valence-electron chi connectivity index (χ0n) is 19.6. The molecule has 2 aliphatic rings. The smallest absolute Gasteiger partial charge is 0.223 e. The molecule has 0 amide bonds. The van der Waals surface area contributed by atoms with Crippen molar-refractivity contribution >= 4 is 44.1 Å². The van der Waals surface area contributed by atoms with Crippen LogP contribution in [0, 0.1) is 22.7 Å². The van der Waals surface area contributed by atoms with Crippen LogP contribution in [0.15, 0.2) is 46.9 Å². The number of rotatable bonds is 4. The van der Waals surface area contributed by atoms with Gasteiger partial charge in [-0.25, -0.2) is 22.8 Å². The molecule has 0 spiro atoms. The Morgan fingerprint density at radius 1 is 1.40 bits per heavy atom. The number of aromatic nitrogens is 2. The van der Waals surface area contributed by atoms with Crippen LogP contribution in [-0.2, 0) is 9.84 Å². The van der Waals surface area contributed by atoms with E-state index >= 15 is 0 Å². The summed E-state index contributed by atoms with van der Waals surface area (Å²) in [7, 11) is -2.39. The molecule has 4 rings (SSSR count). The van der Waals surface area contributed by atoms with Crippen molar-refractivity contribution in [2.45, 2.75) is 37.0 Å². The maximum Gasteiger partial charge on any atom is 0.223 e. The summed E-state index contributed by atoms with van der Waals surface area (Å²) in [5, 5.41) is 24.1. The summed E-state index contributed by atoms with van der Waals surface area (Å²) in [6, 6.07) is 5.36. The molecular weight excluding hydrogens is 471 g/mol. The Morgan fingerprint density at radius 3 is 2.69 bits per heavy atom. The van der Waals surface area contributed by atoms with Gasteiger partial charge < -0.3 is 10.6 Å². The van der Waals surface area contributed by atoms with Gasteiger partial charge in [-0.2, -0.15) is 5.26 Å². The van der Waals surface area contributed by atoms with Gasteiger partial charge in [-0.05, 0) is 44.7 Å². The summed E-state index contributed by atoms with van der Waals surface area (Å²) >= 11 is 0. The zero-order valence-corrected chi connectivity index (χ0v) is 20.4. The third kappa shape index (κ3) is 4.16. The number of halogens is 1. The highest BCUT2D eigenvalue weighted by Crippen LogP contribution is 2.47. The second-order valence-corrected chi connectivity index (χ2v) is 11.4. The van der Waals surface area contributed by atoms with E-state index in [0.29, 0.717) is 16.5 Å². The number of nitriles is 1. The number of nitrogens with one attached hydrogen (secondary N) is 3. The number of hydrogen-bond acceptors (Lipinski definition) is 7. The standard InChI is InChI=1S/C23H25FN8O2S/c1-13(24)18(22(2)12-35(33,34)23(3,16-5-6-16)20(26)32-22)30-21(27-4)31-19-17-15(7-8-28-19)9-14(10-25)11-29-17/h7-9,11,16H,1,5-6,12H2,2-4H3,(H2,26,32)(H,27,28,31)/b30-18+/t22-,23-/m0/s1. The van der Waals surface area contributed by atoms with Crippen molar-refractivity contribution in [3.05, 3.63) is 42.5 Å². The van der Waals surface area contributed by atoms with E-state index in [4.69, 9.17) is 10.7 Å². The second kappa shape index (κ2) is 8.49. The van der Waals surface area contributed by atoms with Crippen molar-refractivity contribution < 1.29 is 12.8 Å². The molecule has 2 aromatic heterocycles. The minimum Gasteiger partial charge on any atom is -0.361 e. The van der Waals surface area contributed by atoms with Gasteiger partial charge in [0.25, 0.3) is 0 Å². The molecule has 1 saturated heterocycles. The lowest BCUT2D eigenvalue weighted by Gasteiger charge is -2.44. The summed E-state index contributed by atoms with van der Waals surface area (Å²) < 4.78 is 40.0. The molecule has 1 saturated carbocycles. The van der Waals surface area contributed by atoms with Gasteiger partial charge in [0.1, 0.15) is 33.7 Å². The van der Waals surface area contributed by atoms with E-state index in [9.17, 15) is 12.8 Å². The van der Waals surface area contributed by atoms with Crippen LogP contribution in [0.2, 0.25) is 0 Å². The van der Waals surface area contributed by atoms with Gasteiger partial charge >= 0.3 is 0 Å². The number of aliphatic imine (C=N–C) groups is 2. The first-order valence-corrected chi connectivity index (χ1v) is 12.5. The predicted octanol–water partition coefficient (Wildman–Crippen LogP) is 2.75. The van der Waals surface area contributed by atoms with E-state index in [1.807, 2.05) is 6.07 Å². The molecule has 0 bridgehead atoms. The maximum absolute atomic E-state index is 14.7. The number of guanidine groups is 1. The number of amidine groups is 1. The number of sulfone groups is 1. The second-order valence-electron chi connectivity index (χ2n) is 9.08. The molecule has 1 aliphatic carbocycles. The molecule has 0 unspecified atom stereocenters. The Bertz CT molecular complexity index is 1460. The fourth-order valence-corrected chi connectivity index (χ4v) is 6.76. The van der Waals surface area contributed by atoms with E-state index in [1.54, 1.807) is 19.1 Å². The number of hydrogen-bond donors (Lipinski definition) is 3. The lowest BCUT2D eigenvalue weighted by molar-refractivity contribution is 0.485. The normalized spacial score (nSPS) is 26.7. The van der Waals surface area contributed by atoms with E-state index < -0.39 is 31.7 Å². The highest BCUT2D eigenvalue weighted by Gasteiger charge is 2.60. The molecule has 12 heteroatoms. The average Bonchev–Trinajstić information content (AvgIpc) is 3.64. The topological polar surface area (TPSA) is 156 Å². The van der Waals surface area contributed by atoms with Crippen LogP contribution in [0.3, 0.4) is 0 Å². The van der Waals surface area contributed by atoms with Crippen molar-refractivity contribution in [2.24, 2.45) is 15.9 Å². The Hall–Kier alpha value is -3.72. The molecular formula is C23H25FN8O2S. The number of anilines is 1. The molecule has 2 atom stereocenters. The summed E-state index contributed by atoms with van der Waals surface area (Å²) in [6.07, 6.45) is 4.37. The molecule has 10 nitrogen and oxygen atoms in total. The Morgan fingerprint density at radius 2 is 2.11 bits per heavy atom. The van der Waals surface area contributed by atoms with Gasteiger partial charge in [-0.15, -0.1) is 0 Å². The fourth-order valence-electron chi connectivity index (χ4n) is 4.38. The molecule has 2 fully saturated rings. The number of fused-ring (bicyclic) bond motifs is 1. The predicted molar refractivity (Wildman–Crippen MR) is 133 cm³/mol. The van der Waals surface area contributed by atoms with Gasteiger partial charge in [-0.1, -0.05) is 6.58 Å². The Labute approximate surface area is 202 Å². The van der Waals surface area contributed by atoms with Crippen molar-refractivity contribution in [1.82, 2.24) is 15.3 Å². The van der Waals surface area contributed by atoms with Gasteiger partial charge in [0.15, 0.2) is 15.7 Å². The van der Waals surface area contributed by atoms with Crippen LogP contribution in [0.25, 0.3) is 10.9 Å². The molecule has 0 aromatic carbocycles. The summed E-state index contributed by atoms with van der Waals surface area (Å²) in [5.41, 5.74) is -1.02. The molecule has 3 N–H and O–H groups in total. The SMILES string of the molecule is C=C(F)/C(=N\C(=N/C)Nc1nccc2cc(C#N)cnc12)[C@]1(C)CS(=O)(=O)[C@@](C)(C2CC2)C(=N)N1. The van der Waals surface area contributed by atoms with Gasteiger partial charge in [0, 0.05) is 24.8 Å². The first-order valence-electron chi connectivity index (χ1n) is 10.9. The minimum absolute atomic E-state index is 0.0626. The summed E-state index contributed by atoms with van der Waals surface area (Å²) in [6.45, 7) is 6.38. The van der Waals surface area contributed by atoms with Crippen LogP contribution in [-0.4, -0.2) is 59.0 Å². The van der Waals surface area contributed by atoms with Crippen LogP contribution in [0.4, 0.5) is 10.2 Å². The van der Waals surface area contributed by atoms with Crippen molar-refractivity contribution in [2.75, 3.05) is 18.1 Å². The molecule has 2 aromatic rings. The van der Waals surface area contributed by atoms with E-state index in [-0.39, 0.29) is 29.2 Å². The van der Waals surface area contributed by atoms with Crippen molar-refractivity contribution in [1.29, 1.82) is 10.7 Å². The molecule has 3 heterocycles. The molecule has 1 aliphatic heterocycles. The van der Waals surface area contributed by atoms with E-state index in [1.165, 1.54) is 26.4 Å². The van der Waals surface area contributed by atoms with Gasteiger partial charge in [0.05, 0.1) is 16.9 Å². The number of pyridine rings is 2. The van der Waals surface area contributed by atoms with Crippen LogP contribution < -0.4 is 10.6 Å². The quantitative estimate of drug-likeness (QED) is 0.434. The van der Waals surface area contributed by atoms with Crippen LogP contribution in [0.5, 0.6) is 0 Å². The minimum atomic E-state index is -3.82. The van der Waals surface area contributed by atoms with Gasteiger partial charge in [-0.3, -0.25) is 15.4 Å². The highest BCUT2D eigenvalue weighted by molar-refractivity contribution is 7.93. The van der Waals surface area contributed by atoms with Gasteiger partial charge in [0.2, 0.25) is 5.96 Å². The zero-order chi connectivity index (χ0) is 25.6. The van der Waals surface area contributed by atoms with Crippen molar-refractivity contribution in [3.63, 3.8) is 0 Å². The third-order valence-electron chi connectivity index (χ3n) is 6.55. The summed E-state index contributed by atoms with van der Waals surface area (Å²) in [5.74, 6) is -1.52. The monoisotopic (exact) mass is 496 g/mol. The van der Waals surface area contributed by atoms with Crippen LogP contribution >= 0.6 is 0 Å². The molecule has 182 valence electrons. The fraction of sp³-hybridized carbons (Fsp3) is 0.391. The first-order chi connectivity index (χ1) is 16.4. The van der Waals surface area contributed by atoms with E-state index in [2.05, 4.69) is 37.2 Å².